The highest BCUT2D eigenvalue weighted by molar-refractivity contribution is 6.33. The number of hydrogen-bond donors (Lipinski definition) is 0. The highest BCUT2D eigenvalue weighted by atomic mass is 35.5. The number of halogens is 1. The smallest absolute Gasteiger partial charge is 0.182 e. The van der Waals surface area contributed by atoms with Crippen molar-refractivity contribution in [2.24, 2.45) is 0 Å². The highest BCUT2D eigenvalue weighted by Gasteiger charge is 2.24. The van der Waals surface area contributed by atoms with E-state index in [0.717, 1.165) is 23.5 Å². The van der Waals surface area contributed by atoms with E-state index in [-0.39, 0.29) is 5.78 Å². The van der Waals surface area contributed by atoms with Crippen molar-refractivity contribution in [3.05, 3.63) is 23.0 Å². The molecule has 0 radical (unpaired) electrons. The number of carbonyl (C=O) groups excluding carboxylic acids is 1. The van der Waals surface area contributed by atoms with Gasteiger partial charge in [0.15, 0.2) is 5.78 Å². The third-order valence-corrected chi connectivity index (χ3v) is 4.46. The number of Topliss-reactive ketones (excluding diaryl/α,β-unsaturated/α-hetero) is 1. The molecule has 0 bridgehead atoms. The van der Waals surface area contributed by atoms with Crippen LogP contribution in [0.4, 0.5) is 0 Å². The number of ketones is 1. The van der Waals surface area contributed by atoms with Crippen LogP contribution >= 0.6 is 11.6 Å². The fourth-order valence-electron chi connectivity index (χ4n) is 2.97. The second-order valence-electron chi connectivity index (χ2n) is 5.65. The largest absolute Gasteiger partial charge is 0.347 e. The van der Waals surface area contributed by atoms with Crippen LogP contribution < -0.4 is 0 Å². The zero-order chi connectivity index (χ0) is 14.2. The maximum atomic E-state index is 12.1. The highest BCUT2D eigenvalue weighted by Crippen LogP contribution is 2.22. The molecule has 2 heterocycles. The van der Waals surface area contributed by atoms with Crippen LogP contribution in [-0.4, -0.2) is 40.3 Å². The van der Waals surface area contributed by atoms with Gasteiger partial charge in [0, 0.05) is 29.5 Å². The van der Waals surface area contributed by atoms with Gasteiger partial charge in [-0.1, -0.05) is 0 Å². The van der Waals surface area contributed by atoms with Crippen LogP contribution in [0.15, 0.2) is 6.07 Å². The van der Waals surface area contributed by atoms with Crippen LogP contribution in [0.25, 0.3) is 0 Å². The lowest BCUT2D eigenvalue weighted by Gasteiger charge is -2.22. The lowest BCUT2D eigenvalue weighted by atomic mass is 10.1. The summed E-state index contributed by atoms with van der Waals surface area (Å²) in [6.45, 7) is 7.97. The van der Waals surface area contributed by atoms with Crippen molar-refractivity contribution in [3.8, 4) is 0 Å². The zero-order valence-corrected chi connectivity index (χ0v) is 13.0. The Kier molecular flexibility index (Phi) is 4.36. The minimum atomic E-state index is -0.455. The maximum Gasteiger partial charge on any atom is 0.182 e. The van der Waals surface area contributed by atoms with E-state index in [9.17, 15) is 4.79 Å². The Balaban J connectivity index is 2.24. The normalized spacial score (nSPS) is 21.8. The second-order valence-corrected chi connectivity index (χ2v) is 6.31. The first-order valence-corrected chi connectivity index (χ1v) is 7.40. The maximum absolute atomic E-state index is 12.1. The van der Waals surface area contributed by atoms with Crippen molar-refractivity contribution in [1.29, 1.82) is 0 Å². The van der Waals surface area contributed by atoms with Gasteiger partial charge in [-0.15, -0.1) is 11.6 Å². The zero-order valence-electron chi connectivity index (χ0n) is 12.2. The minimum Gasteiger partial charge on any atom is -0.347 e. The van der Waals surface area contributed by atoms with E-state index in [4.69, 9.17) is 11.6 Å². The third-order valence-electron chi connectivity index (χ3n) is 4.27. The van der Waals surface area contributed by atoms with Gasteiger partial charge in [0.1, 0.15) is 0 Å². The van der Waals surface area contributed by atoms with E-state index in [1.54, 1.807) is 6.92 Å². The van der Waals surface area contributed by atoms with E-state index < -0.39 is 5.38 Å². The first-order chi connectivity index (χ1) is 8.91. The van der Waals surface area contributed by atoms with Crippen molar-refractivity contribution in [3.63, 3.8) is 0 Å². The molecule has 1 aliphatic rings. The van der Waals surface area contributed by atoms with Crippen molar-refractivity contribution in [2.45, 2.75) is 51.6 Å². The Morgan fingerprint density at radius 2 is 2.21 bits per heavy atom. The topological polar surface area (TPSA) is 25.2 Å². The molecule has 0 N–H and O–H groups in total. The monoisotopic (exact) mass is 282 g/mol. The molecular formula is C15H23ClN2O. The van der Waals surface area contributed by atoms with Crippen LogP contribution in [0, 0.1) is 13.8 Å². The molecule has 2 rings (SSSR count). The number of carbonyl (C=O) groups is 1. The Morgan fingerprint density at radius 3 is 2.74 bits per heavy atom. The number of aryl methyl sites for hydroxylation is 1. The van der Waals surface area contributed by atoms with Gasteiger partial charge in [-0.25, -0.2) is 0 Å². The summed E-state index contributed by atoms with van der Waals surface area (Å²) in [4.78, 5) is 14.5. The van der Waals surface area contributed by atoms with Crippen molar-refractivity contribution in [2.75, 3.05) is 13.6 Å². The van der Waals surface area contributed by atoms with E-state index in [1.807, 2.05) is 13.0 Å². The number of likely N-dealkylation sites (N-methyl/N-ethyl adjacent to an activating group) is 1. The molecule has 0 aliphatic carbocycles. The number of rotatable bonds is 4. The van der Waals surface area contributed by atoms with Crippen molar-refractivity contribution < 1.29 is 4.79 Å². The molecule has 1 aromatic rings. The molecule has 0 aromatic carbocycles. The molecular weight excluding hydrogens is 260 g/mol. The fourth-order valence-corrected chi connectivity index (χ4v) is 3.08. The van der Waals surface area contributed by atoms with Crippen LogP contribution in [-0.2, 0) is 6.54 Å². The molecule has 106 valence electrons. The van der Waals surface area contributed by atoms with Crippen LogP contribution in [0.1, 0.15) is 41.5 Å². The Morgan fingerprint density at radius 1 is 1.53 bits per heavy atom. The van der Waals surface area contributed by atoms with Crippen LogP contribution in [0.5, 0.6) is 0 Å². The molecule has 1 aliphatic heterocycles. The average Bonchev–Trinajstić information content (AvgIpc) is 2.87. The molecule has 0 saturated carbocycles. The average molecular weight is 283 g/mol. The number of aromatic nitrogens is 1. The van der Waals surface area contributed by atoms with Crippen molar-refractivity contribution in [1.82, 2.24) is 9.47 Å². The number of alkyl halides is 1. The summed E-state index contributed by atoms with van der Waals surface area (Å²) in [6, 6.07) is 2.56. The summed E-state index contributed by atoms with van der Waals surface area (Å²) in [5.74, 6) is 0.0285. The summed E-state index contributed by atoms with van der Waals surface area (Å²) in [5, 5.41) is -0.455. The SMILES string of the molecule is Cc1cc(C(=O)C(C)Cl)c(C)n1CC1CCCN1C. The van der Waals surface area contributed by atoms with E-state index in [0.29, 0.717) is 6.04 Å². The van der Waals surface area contributed by atoms with Gasteiger partial charge in [-0.3, -0.25) is 4.79 Å². The van der Waals surface area contributed by atoms with Gasteiger partial charge in [0.2, 0.25) is 0 Å². The van der Waals surface area contributed by atoms with E-state index in [2.05, 4.69) is 23.4 Å². The van der Waals surface area contributed by atoms with E-state index >= 15 is 0 Å². The molecule has 4 heteroatoms. The van der Waals surface area contributed by atoms with Gasteiger partial charge in [-0.05, 0) is 53.3 Å². The molecule has 0 spiro atoms. The predicted octanol–water partition coefficient (Wildman–Crippen LogP) is 3.01. The molecule has 2 unspecified atom stereocenters. The Bertz CT molecular complexity index is 479. The minimum absolute atomic E-state index is 0.0285. The Labute approximate surface area is 120 Å². The molecule has 0 amide bonds. The van der Waals surface area contributed by atoms with E-state index in [1.165, 1.54) is 19.4 Å². The summed E-state index contributed by atoms with van der Waals surface area (Å²) in [5.41, 5.74) is 2.98. The number of likely N-dealkylation sites (tertiary alicyclic amines) is 1. The standard InChI is InChI=1S/C15H23ClN2O/c1-10-8-14(15(19)11(2)16)12(3)18(10)9-13-6-5-7-17(13)4/h8,11,13H,5-7,9H2,1-4H3. The van der Waals surface area contributed by atoms with Gasteiger partial charge in [0.05, 0.1) is 5.38 Å². The fraction of sp³-hybridized carbons (Fsp3) is 0.667. The van der Waals surface area contributed by atoms with Gasteiger partial charge < -0.3 is 9.47 Å². The third kappa shape index (κ3) is 2.87. The number of hydrogen-bond acceptors (Lipinski definition) is 2. The molecule has 1 aromatic heterocycles. The van der Waals surface area contributed by atoms with Crippen LogP contribution in [0.3, 0.4) is 0 Å². The van der Waals surface area contributed by atoms with Gasteiger partial charge >= 0.3 is 0 Å². The predicted molar refractivity (Wildman–Crippen MR) is 79.2 cm³/mol. The second kappa shape index (κ2) is 5.68. The first-order valence-electron chi connectivity index (χ1n) is 6.97. The summed E-state index contributed by atoms with van der Waals surface area (Å²) < 4.78 is 2.26. The summed E-state index contributed by atoms with van der Waals surface area (Å²) >= 11 is 5.92. The summed E-state index contributed by atoms with van der Waals surface area (Å²) in [7, 11) is 2.18. The van der Waals surface area contributed by atoms with Gasteiger partial charge in [-0.2, -0.15) is 0 Å². The summed E-state index contributed by atoms with van der Waals surface area (Å²) in [6.07, 6.45) is 2.51. The lowest BCUT2D eigenvalue weighted by molar-refractivity contribution is 0.0991. The lowest BCUT2D eigenvalue weighted by Crippen LogP contribution is -2.30. The molecule has 19 heavy (non-hydrogen) atoms. The molecule has 2 atom stereocenters. The number of nitrogens with zero attached hydrogens (tertiary/aromatic N) is 2. The quantitative estimate of drug-likeness (QED) is 0.627. The van der Waals surface area contributed by atoms with Crippen molar-refractivity contribution >= 4 is 17.4 Å². The first kappa shape index (κ1) is 14.6. The van der Waals surface area contributed by atoms with Gasteiger partial charge in [0.25, 0.3) is 0 Å². The Hall–Kier alpha value is -0.800. The molecule has 1 saturated heterocycles. The molecule has 1 fully saturated rings. The molecule has 3 nitrogen and oxygen atoms in total. The van der Waals surface area contributed by atoms with Crippen LogP contribution in [0.2, 0.25) is 0 Å².